The Morgan fingerprint density at radius 1 is 1.07 bits per heavy atom. The molecule has 2 fully saturated rings. The van der Waals surface area contributed by atoms with E-state index in [9.17, 15) is 14.4 Å². The van der Waals surface area contributed by atoms with Crippen molar-refractivity contribution in [2.45, 2.75) is 58.2 Å². The van der Waals surface area contributed by atoms with Crippen LogP contribution in [-0.4, -0.2) is 74.3 Å². The van der Waals surface area contributed by atoms with Crippen molar-refractivity contribution in [1.82, 2.24) is 29.3 Å². The summed E-state index contributed by atoms with van der Waals surface area (Å²) >= 11 is 6.06. The molecule has 6 rings (SSSR count). The summed E-state index contributed by atoms with van der Waals surface area (Å²) in [7, 11) is 0. The number of amides is 2. The molecule has 1 aliphatic heterocycles. The highest BCUT2D eigenvalue weighted by atomic mass is 35.5. The van der Waals surface area contributed by atoms with Crippen molar-refractivity contribution < 1.29 is 19.1 Å². The molecule has 1 saturated heterocycles. The lowest BCUT2D eigenvalue weighted by Gasteiger charge is -2.31. The molecule has 1 N–H and O–H groups in total. The van der Waals surface area contributed by atoms with Crippen molar-refractivity contribution in [2.75, 3.05) is 26.3 Å². The first-order valence-electron chi connectivity index (χ1n) is 15.4. The standard InChI is InChI=1S/C33H37ClN6O5/c1-21-28(15-24(34)16-35-21)32(42)37-25-9-7-23(8-10-25)18-39-29-5-3-4-6-30(29)40(33(39)43)26-11-12-31(36-17-26)45-20-27-19-38(22(2)41)13-14-44-27/h3-6,11-12,15-17,23,25,27H,7-10,13-14,18-20H2,1-2H3,(H,37,42)/t23?,25?,27-/m1/s1. The van der Waals surface area contributed by atoms with Crippen molar-refractivity contribution in [3.63, 3.8) is 0 Å². The van der Waals surface area contributed by atoms with Crippen molar-refractivity contribution in [3.8, 4) is 11.6 Å². The van der Waals surface area contributed by atoms with E-state index < -0.39 is 0 Å². The molecular weight excluding hydrogens is 596 g/mol. The minimum absolute atomic E-state index is 0.0227. The summed E-state index contributed by atoms with van der Waals surface area (Å²) in [5, 5.41) is 3.58. The van der Waals surface area contributed by atoms with Gasteiger partial charge in [0.2, 0.25) is 11.8 Å². The molecule has 0 unspecified atom stereocenters. The van der Waals surface area contributed by atoms with E-state index in [-0.39, 0.29) is 36.3 Å². The van der Waals surface area contributed by atoms with Crippen LogP contribution >= 0.6 is 11.6 Å². The Bertz CT molecular complexity index is 1740. The Hall–Kier alpha value is -4.22. The summed E-state index contributed by atoms with van der Waals surface area (Å²) < 4.78 is 15.1. The number of benzene rings is 1. The van der Waals surface area contributed by atoms with Crippen LogP contribution in [0.5, 0.6) is 5.88 Å². The van der Waals surface area contributed by atoms with Gasteiger partial charge >= 0.3 is 5.69 Å². The van der Waals surface area contributed by atoms with Gasteiger partial charge in [0.05, 0.1) is 52.3 Å². The van der Waals surface area contributed by atoms with Gasteiger partial charge in [-0.05, 0) is 62.8 Å². The van der Waals surface area contributed by atoms with Crippen molar-refractivity contribution in [2.24, 2.45) is 5.92 Å². The van der Waals surface area contributed by atoms with Gasteiger partial charge in [-0.15, -0.1) is 0 Å². The zero-order valence-electron chi connectivity index (χ0n) is 25.4. The number of rotatable bonds is 8. The second-order valence-corrected chi connectivity index (χ2v) is 12.3. The first-order chi connectivity index (χ1) is 21.8. The number of halogens is 1. The number of morpholine rings is 1. The lowest BCUT2D eigenvalue weighted by molar-refractivity contribution is -0.137. The van der Waals surface area contributed by atoms with Crippen molar-refractivity contribution in [3.05, 3.63) is 81.6 Å². The number of carbonyl (C=O) groups is 2. The number of nitrogens with zero attached hydrogens (tertiary/aromatic N) is 5. The number of aromatic nitrogens is 4. The van der Waals surface area contributed by atoms with Crippen LogP contribution in [0.3, 0.4) is 0 Å². The molecule has 0 bridgehead atoms. The maximum Gasteiger partial charge on any atom is 0.333 e. The fourth-order valence-corrected chi connectivity index (χ4v) is 6.41. The molecule has 12 heteroatoms. The van der Waals surface area contributed by atoms with Crippen molar-refractivity contribution >= 4 is 34.4 Å². The quantitative estimate of drug-likeness (QED) is 0.310. The largest absolute Gasteiger partial charge is 0.475 e. The number of para-hydroxylation sites is 2. The molecule has 4 heterocycles. The number of pyridine rings is 2. The summed E-state index contributed by atoms with van der Waals surface area (Å²) in [5.74, 6) is 0.593. The van der Waals surface area contributed by atoms with Gasteiger partial charge < -0.3 is 19.7 Å². The first-order valence-corrected chi connectivity index (χ1v) is 15.7. The summed E-state index contributed by atoms with van der Waals surface area (Å²) in [6.45, 7) is 5.77. The van der Waals surface area contributed by atoms with Gasteiger partial charge in [0.25, 0.3) is 5.91 Å². The van der Waals surface area contributed by atoms with Gasteiger partial charge in [-0.3, -0.25) is 23.7 Å². The molecule has 236 valence electrons. The molecule has 1 atom stereocenters. The zero-order chi connectivity index (χ0) is 31.5. The topological polar surface area (TPSA) is 121 Å². The van der Waals surface area contributed by atoms with Crippen LogP contribution in [0, 0.1) is 12.8 Å². The number of hydrogen-bond acceptors (Lipinski definition) is 7. The maximum absolute atomic E-state index is 13.8. The molecule has 11 nitrogen and oxygen atoms in total. The van der Waals surface area contributed by atoms with Crippen LogP contribution in [0.25, 0.3) is 16.7 Å². The van der Waals surface area contributed by atoms with Crippen LogP contribution in [0.1, 0.15) is 48.7 Å². The lowest BCUT2D eigenvalue weighted by Crippen LogP contribution is -2.46. The van der Waals surface area contributed by atoms with Gasteiger partial charge in [-0.25, -0.2) is 9.78 Å². The second kappa shape index (κ2) is 13.4. The van der Waals surface area contributed by atoms with E-state index in [2.05, 4.69) is 15.3 Å². The summed E-state index contributed by atoms with van der Waals surface area (Å²) in [6.07, 6.45) is 6.42. The second-order valence-electron chi connectivity index (χ2n) is 11.8. The van der Waals surface area contributed by atoms with Gasteiger partial charge in [0, 0.05) is 38.3 Å². The highest BCUT2D eigenvalue weighted by Crippen LogP contribution is 2.28. The molecule has 1 aliphatic carbocycles. The highest BCUT2D eigenvalue weighted by Gasteiger charge is 2.26. The third-order valence-electron chi connectivity index (χ3n) is 8.74. The predicted molar refractivity (Wildman–Crippen MR) is 170 cm³/mol. The third-order valence-corrected chi connectivity index (χ3v) is 8.94. The summed E-state index contributed by atoms with van der Waals surface area (Å²) in [5.41, 5.74) is 3.35. The fraction of sp³-hybridized carbons (Fsp3) is 0.424. The third kappa shape index (κ3) is 6.89. The van der Waals surface area contributed by atoms with E-state index >= 15 is 0 Å². The first kappa shape index (κ1) is 30.8. The Labute approximate surface area is 266 Å². The van der Waals surface area contributed by atoms with Crippen molar-refractivity contribution in [1.29, 1.82) is 0 Å². The monoisotopic (exact) mass is 632 g/mol. The van der Waals surface area contributed by atoms with E-state index in [1.165, 1.54) is 6.20 Å². The van der Waals surface area contributed by atoms with Crippen LogP contribution in [-0.2, 0) is 16.1 Å². The highest BCUT2D eigenvalue weighted by molar-refractivity contribution is 6.30. The Morgan fingerprint density at radius 3 is 2.58 bits per heavy atom. The van der Waals surface area contributed by atoms with E-state index in [4.69, 9.17) is 21.1 Å². The zero-order valence-corrected chi connectivity index (χ0v) is 26.2. The Balaban J connectivity index is 1.10. The van der Waals surface area contributed by atoms with Gasteiger partial charge in [-0.1, -0.05) is 23.7 Å². The van der Waals surface area contributed by atoms with Crippen LogP contribution in [0.15, 0.2) is 59.7 Å². The molecule has 0 radical (unpaired) electrons. The van der Waals surface area contributed by atoms with Gasteiger partial charge in [0.15, 0.2) is 0 Å². The number of imidazole rings is 1. The number of hydrogen-bond donors (Lipinski definition) is 1. The minimum atomic E-state index is -0.222. The lowest BCUT2D eigenvalue weighted by atomic mass is 9.85. The number of nitrogens with one attached hydrogen (secondary N) is 1. The molecule has 1 saturated carbocycles. The summed E-state index contributed by atoms with van der Waals surface area (Å²) in [6, 6.07) is 13.1. The summed E-state index contributed by atoms with van der Waals surface area (Å²) in [4.78, 5) is 48.8. The number of ether oxygens (including phenoxy) is 2. The SMILES string of the molecule is CC(=O)N1CCO[C@@H](COc2ccc(-n3c(=O)n(CC4CCC(NC(=O)c5cc(Cl)cnc5C)CC4)c4ccccc43)cn2)C1. The minimum Gasteiger partial charge on any atom is -0.475 e. The van der Waals surface area contributed by atoms with Crippen LogP contribution in [0.2, 0.25) is 5.02 Å². The maximum atomic E-state index is 13.8. The molecule has 2 amide bonds. The van der Waals surface area contributed by atoms with Gasteiger partial charge in [0.1, 0.15) is 12.7 Å². The number of carbonyl (C=O) groups excluding carboxylic acids is 2. The molecule has 0 spiro atoms. The smallest absolute Gasteiger partial charge is 0.333 e. The number of fused-ring (bicyclic) bond motifs is 1. The number of aryl methyl sites for hydroxylation is 1. The van der Waals surface area contributed by atoms with E-state index in [0.29, 0.717) is 60.0 Å². The molecular formula is C33H37ClN6O5. The molecule has 2 aliphatic rings. The van der Waals surface area contributed by atoms with Crippen LogP contribution < -0.4 is 15.7 Å². The van der Waals surface area contributed by atoms with E-state index in [0.717, 1.165) is 36.7 Å². The molecule has 3 aromatic heterocycles. The molecule has 45 heavy (non-hydrogen) atoms. The van der Waals surface area contributed by atoms with E-state index in [1.807, 2.05) is 34.9 Å². The Kier molecular flexibility index (Phi) is 9.18. The van der Waals surface area contributed by atoms with Gasteiger partial charge in [-0.2, -0.15) is 0 Å². The molecule has 1 aromatic carbocycles. The predicted octanol–water partition coefficient (Wildman–Crippen LogP) is 4.16. The fourth-order valence-electron chi connectivity index (χ4n) is 6.26. The van der Waals surface area contributed by atoms with Crippen LogP contribution in [0.4, 0.5) is 0 Å². The molecule has 4 aromatic rings. The van der Waals surface area contributed by atoms with E-state index in [1.54, 1.807) is 41.6 Å². The Morgan fingerprint density at radius 2 is 1.84 bits per heavy atom. The average Bonchev–Trinajstić information content (AvgIpc) is 3.33. The normalized spacial score (nSPS) is 20.2. The average molecular weight is 633 g/mol.